The minimum Gasteiger partial charge on any atom is -0.381 e. The molecule has 0 radical (unpaired) electrons. The lowest BCUT2D eigenvalue weighted by molar-refractivity contribution is 0.0525. The Morgan fingerprint density at radius 1 is 1.16 bits per heavy atom. The van der Waals surface area contributed by atoms with Crippen LogP contribution in [0.5, 0.6) is 0 Å². The Morgan fingerprint density at radius 2 is 1.84 bits per heavy atom. The van der Waals surface area contributed by atoms with Crippen molar-refractivity contribution in [3.05, 3.63) is 29.3 Å². The summed E-state index contributed by atoms with van der Waals surface area (Å²) in [7, 11) is 0. The molecule has 2 heterocycles. The fourth-order valence-corrected chi connectivity index (χ4v) is 4.36. The van der Waals surface area contributed by atoms with E-state index in [1.165, 1.54) is 24.9 Å². The molecule has 5 nitrogen and oxygen atoms in total. The summed E-state index contributed by atoms with van der Waals surface area (Å²) in [6.07, 6.45) is 3.71. The number of ether oxygens (including phenoxy) is 1. The summed E-state index contributed by atoms with van der Waals surface area (Å²) >= 11 is 5.97. The molecule has 0 bridgehead atoms. The van der Waals surface area contributed by atoms with Crippen LogP contribution >= 0.6 is 11.6 Å². The van der Waals surface area contributed by atoms with Crippen molar-refractivity contribution in [3.8, 4) is 0 Å². The van der Waals surface area contributed by atoms with Gasteiger partial charge in [-0.1, -0.05) is 11.6 Å². The fourth-order valence-electron chi connectivity index (χ4n) is 4.23. The molecule has 136 valence electrons. The molecule has 1 aromatic rings. The molecular weight excluding hydrogens is 336 g/mol. The SMILES string of the molecule is NC(=NCC1CC12CCOCC2)N1CCN(c2ccc(Cl)cc2)CC1. The molecule has 1 aliphatic carbocycles. The summed E-state index contributed by atoms with van der Waals surface area (Å²) in [6, 6.07) is 8.05. The van der Waals surface area contributed by atoms with Crippen molar-refractivity contribution >= 4 is 23.2 Å². The minimum absolute atomic E-state index is 0.523. The van der Waals surface area contributed by atoms with E-state index in [0.717, 1.165) is 51.0 Å². The van der Waals surface area contributed by atoms with E-state index in [9.17, 15) is 0 Å². The first-order valence-corrected chi connectivity index (χ1v) is 9.67. The van der Waals surface area contributed by atoms with E-state index in [4.69, 9.17) is 27.1 Å². The third-order valence-corrected chi connectivity index (χ3v) is 6.37. The van der Waals surface area contributed by atoms with Gasteiger partial charge >= 0.3 is 0 Å². The van der Waals surface area contributed by atoms with Gasteiger partial charge in [0.05, 0.1) is 0 Å². The van der Waals surface area contributed by atoms with Crippen molar-refractivity contribution in [2.45, 2.75) is 19.3 Å². The van der Waals surface area contributed by atoms with Crippen molar-refractivity contribution in [2.24, 2.45) is 22.1 Å². The molecule has 1 saturated carbocycles. The first-order valence-electron chi connectivity index (χ1n) is 9.29. The largest absolute Gasteiger partial charge is 0.381 e. The number of halogens is 1. The number of hydrogen-bond donors (Lipinski definition) is 1. The molecule has 2 aliphatic heterocycles. The van der Waals surface area contributed by atoms with Gasteiger partial charge in [-0.15, -0.1) is 0 Å². The second kappa shape index (κ2) is 7.04. The van der Waals surface area contributed by atoms with Gasteiger partial charge in [-0.3, -0.25) is 4.99 Å². The van der Waals surface area contributed by atoms with Crippen LogP contribution in [0.1, 0.15) is 19.3 Å². The number of aliphatic imine (C=N–C) groups is 1. The first kappa shape index (κ1) is 17.0. The molecule has 3 aliphatic rings. The van der Waals surface area contributed by atoms with Crippen molar-refractivity contribution < 1.29 is 4.74 Å². The predicted molar refractivity (Wildman–Crippen MR) is 102 cm³/mol. The van der Waals surface area contributed by atoms with Gasteiger partial charge in [-0.2, -0.15) is 0 Å². The Labute approximate surface area is 154 Å². The van der Waals surface area contributed by atoms with Crippen LogP contribution in [0.2, 0.25) is 5.02 Å². The average Bonchev–Trinajstić information content (AvgIpc) is 3.32. The molecule has 0 aromatic heterocycles. The van der Waals surface area contributed by atoms with Crippen molar-refractivity contribution in [1.82, 2.24) is 4.90 Å². The molecule has 25 heavy (non-hydrogen) atoms. The Balaban J connectivity index is 1.26. The normalized spacial score (nSPS) is 26.1. The number of nitrogens with two attached hydrogens (primary N) is 1. The maximum atomic E-state index is 6.26. The fraction of sp³-hybridized carbons (Fsp3) is 0.632. The summed E-state index contributed by atoms with van der Waals surface area (Å²) in [4.78, 5) is 9.30. The van der Waals surface area contributed by atoms with Crippen LogP contribution in [-0.4, -0.2) is 56.8 Å². The van der Waals surface area contributed by atoms with Gasteiger partial charge in [0.1, 0.15) is 0 Å². The predicted octanol–water partition coefficient (Wildman–Crippen LogP) is 2.59. The molecule has 1 atom stereocenters. The zero-order chi connectivity index (χ0) is 17.3. The van der Waals surface area contributed by atoms with E-state index in [1.54, 1.807) is 0 Å². The van der Waals surface area contributed by atoms with Crippen LogP contribution in [0.25, 0.3) is 0 Å². The lowest BCUT2D eigenvalue weighted by atomic mass is 9.94. The average molecular weight is 363 g/mol. The van der Waals surface area contributed by atoms with Crippen LogP contribution in [-0.2, 0) is 4.74 Å². The molecule has 2 N–H and O–H groups in total. The van der Waals surface area contributed by atoms with Gasteiger partial charge in [0.25, 0.3) is 0 Å². The minimum atomic E-state index is 0.523. The maximum Gasteiger partial charge on any atom is 0.191 e. The Bertz CT molecular complexity index is 619. The smallest absolute Gasteiger partial charge is 0.191 e. The van der Waals surface area contributed by atoms with Crippen LogP contribution in [0, 0.1) is 11.3 Å². The van der Waals surface area contributed by atoms with Crippen LogP contribution in [0.3, 0.4) is 0 Å². The van der Waals surface area contributed by atoms with E-state index in [-0.39, 0.29) is 0 Å². The molecule has 6 heteroatoms. The van der Waals surface area contributed by atoms with Gasteiger partial charge in [0.2, 0.25) is 0 Å². The molecule has 1 spiro atoms. The highest BCUT2D eigenvalue weighted by Gasteiger charge is 2.53. The van der Waals surface area contributed by atoms with Crippen LogP contribution in [0.4, 0.5) is 5.69 Å². The Morgan fingerprint density at radius 3 is 2.52 bits per heavy atom. The van der Waals surface area contributed by atoms with Gasteiger partial charge in [0, 0.05) is 56.6 Å². The van der Waals surface area contributed by atoms with E-state index in [2.05, 4.69) is 21.9 Å². The highest BCUT2D eigenvalue weighted by molar-refractivity contribution is 6.30. The van der Waals surface area contributed by atoms with Gasteiger partial charge < -0.3 is 20.3 Å². The summed E-state index contributed by atoms with van der Waals surface area (Å²) < 4.78 is 5.49. The number of rotatable bonds is 3. The molecule has 1 aromatic carbocycles. The summed E-state index contributed by atoms with van der Waals surface area (Å²) in [6.45, 7) is 6.47. The zero-order valence-corrected chi connectivity index (χ0v) is 15.4. The van der Waals surface area contributed by atoms with Gasteiger partial charge in [-0.05, 0) is 54.9 Å². The van der Waals surface area contributed by atoms with Crippen molar-refractivity contribution in [2.75, 3.05) is 50.8 Å². The van der Waals surface area contributed by atoms with Gasteiger partial charge in [0.15, 0.2) is 5.96 Å². The lowest BCUT2D eigenvalue weighted by Gasteiger charge is -2.36. The second-order valence-electron chi connectivity index (χ2n) is 7.53. The number of hydrogen-bond acceptors (Lipinski definition) is 3. The lowest BCUT2D eigenvalue weighted by Crippen LogP contribution is -2.51. The van der Waals surface area contributed by atoms with Crippen LogP contribution < -0.4 is 10.6 Å². The number of piperazine rings is 1. The van der Waals surface area contributed by atoms with E-state index >= 15 is 0 Å². The topological polar surface area (TPSA) is 54.1 Å². The molecule has 4 rings (SSSR count). The maximum absolute atomic E-state index is 6.26. The second-order valence-corrected chi connectivity index (χ2v) is 7.96. The Kier molecular flexibility index (Phi) is 4.78. The number of anilines is 1. The summed E-state index contributed by atoms with van der Waals surface area (Å²) in [5.41, 5.74) is 8.01. The van der Waals surface area contributed by atoms with Crippen LogP contribution in [0.15, 0.2) is 29.3 Å². The third-order valence-electron chi connectivity index (χ3n) is 6.12. The van der Waals surface area contributed by atoms with Crippen molar-refractivity contribution in [1.29, 1.82) is 0 Å². The Hall–Kier alpha value is -1.46. The zero-order valence-electron chi connectivity index (χ0n) is 14.7. The molecule has 0 amide bonds. The quantitative estimate of drug-likeness (QED) is 0.663. The molecule has 2 saturated heterocycles. The standard InChI is InChI=1S/C19H27ClN4O/c20-16-1-3-17(4-2-16)23-7-9-24(10-8-23)18(21)22-14-15-13-19(15)5-11-25-12-6-19/h1-4,15H,5-14H2,(H2,21,22). The monoisotopic (exact) mass is 362 g/mol. The molecule has 3 fully saturated rings. The molecular formula is C19H27ClN4O. The number of benzene rings is 1. The van der Waals surface area contributed by atoms with Gasteiger partial charge in [-0.25, -0.2) is 0 Å². The highest BCUT2D eigenvalue weighted by atomic mass is 35.5. The molecule has 1 unspecified atom stereocenters. The van der Waals surface area contributed by atoms with Crippen molar-refractivity contribution in [3.63, 3.8) is 0 Å². The summed E-state index contributed by atoms with van der Waals surface area (Å²) in [5.74, 6) is 1.43. The van der Waals surface area contributed by atoms with E-state index in [0.29, 0.717) is 17.3 Å². The van der Waals surface area contributed by atoms with E-state index in [1.807, 2.05) is 12.1 Å². The van der Waals surface area contributed by atoms with E-state index < -0.39 is 0 Å². The highest BCUT2D eigenvalue weighted by Crippen LogP contribution is 2.59. The number of guanidine groups is 1. The number of nitrogens with zero attached hydrogens (tertiary/aromatic N) is 3. The summed E-state index contributed by atoms with van der Waals surface area (Å²) in [5, 5.41) is 0.779. The first-order chi connectivity index (χ1) is 12.2. The third kappa shape index (κ3) is 3.72.